The molecule has 10 N–H and O–H groups in total. The van der Waals surface area contributed by atoms with Crippen LogP contribution in [0.3, 0.4) is 0 Å². The standard InChI is InChI=1S/C21H30O14/c22-6-12(25)16(28)17(29)13(26)7-34-21-20(32)19(31)18(30)14(35-21)8-33-15(27)4-2-9-1-3-10(23)11(24)5-9/h1-5,12-14,16-26,28-32H,6-8H2/b4-2+/t12-,13-,14-,16-,17-,18-,19+,20-,21-/m1/s1. The summed E-state index contributed by atoms with van der Waals surface area (Å²) in [5, 5.41) is 96.4. The lowest BCUT2D eigenvalue weighted by Crippen LogP contribution is -2.60. The van der Waals surface area contributed by atoms with E-state index in [0.29, 0.717) is 5.56 Å². The van der Waals surface area contributed by atoms with Gasteiger partial charge in [-0.1, -0.05) is 6.07 Å². The van der Waals surface area contributed by atoms with E-state index < -0.39 is 86.7 Å². The Hall–Kier alpha value is -2.37. The SMILES string of the molecule is O=C(/C=C/c1ccc(O)c(O)c1)OC[C@H]1O[C@@H](OC[C@@H](O)[C@@H](O)[C@H](O)[C@H](O)CO)[C@H](O)[C@@H](O)[C@@H]1O. The molecule has 198 valence electrons. The Kier molecular flexibility index (Phi) is 10.8. The number of phenols is 2. The minimum Gasteiger partial charge on any atom is -0.504 e. The van der Waals surface area contributed by atoms with Gasteiger partial charge in [-0.05, 0) is 23.8 Å². The minimum absolute atomic E-state index is 0.341. The molecule has 0 aromatic heterocycles. The van der Waals surface area contributed by atoms with Crippen molar-refractivity contribution in [2.75, 3.05) is 19.8 Å². The van der Waals surface area contributed by atoms with Gasteiger partial charge in [-0.2, -0.15) is 0 Å². The fourth-order valence-electron chi connectivity index (χ4n) is 3.07. The Morgan fingerprint density at radius 1 is 0.971 bits per heavy atom. The summed E-state index contributed by atoms with van der Waals surface area (Å²) in [6.45, 7) is -2.22. The van der Waals surface area contributed by atoms with Crippen LogP contribution in [0.25, 0.3) is 6.08 Å². The van der Waals surface area contributed by atoms with Crippen molar-refractivity contribution >= 4 is 12.0 Å². The summed E-state index contributed by atoms with van der Waals surface area (Å²) in [5.41, 5.74) is 0.371. The lowest BCUT2D eigenvalue weighted by molar-refractivity contribution is -0.307. The van der Waals surface area contributed by atoms with Crippen LogP contribution in [0.1, 0.15) is 5.56 Å². The van der Waals surface area contributed by atoms with E-state index in [1.54, 1.807) is 0 Å². The molecule has 35 heavy (non-hydrogen) atoms. The van der Waals surface area contributed by atoms with E-state index in [1.807, 2.05) is 0 Å². The number of ether oxygens (including phenoxy) is 3. The largest absolute Gasteiger partial charge is 0.504 e. The zero-order chi connectivity index (χ0) is 26.3. The van der Waals surface area contributed by atoms with Crippen molar-refractivity contribution in [2.24, 2.45) is 0 Å². The molecule has 0 radical (unpaired) electrons. The smallest absolute Gasteiger partial charge is 0.330 e. The minimum atomic E-state index is -1.94. The maximum atomic E-state index is 12.0. The van der Waals surface area contributed by atoms with Crippen LogP contribution in [0.15, 0.2) is 24.3 Å². The zero-order valence-electron chi connectivity index (χ0n) is 18.3. The van der Waals surface area contributed by atoms with Gasteiger partial charge >= 0.3 is 5.97 Å². The van der Waals surface area contributed by atoms with Crippen LogP contribution in [-0.2, 0) is 19.0 Å². The third kappa shape index (κ3) is 7.81. The van der Waals surface area contributed by atoms with Crippen LogP contribution in [0.2, 0.25) is 0 Å². The molecule has 1 saturated heterocycles. The van der Waals surface area contributed by atoms with Gasteiger partial charge in [0.25, 0.3) is 0 Å². The van der Waals surface area contributed by atoms with Gasteiger partial charge in [0.1, 0.15) is 55.4 Å². The van der Waals surface area contributed by atoms with Crippen LogP contribution in [0, 0.1) is 0 Å². The third-order valence-corrected chi connectivity index (χ3v) is 5.23. The highest BCUT2D eigenvalue weighted by molar-refractivity contribution is 5.87. The molecule has 0 unspecified atom stereocenters. The highest BCUT2D eigenvalue weighted by atomic mass is 16.7. The molecule has 9 atom stereocenters. The summed E-state index contributed by atoms with van der Waals surface area (Å²) in [6.07, 6.45) is -13.4. The molecule has 1 aromatic carbocycles. The number of phenolic OH excluding ortho intramolecular Hbond substituents is 2. The Morgan fingerprint density at radius 2 is 1.63 bits per heavy atom. The molecule has 0 bridgehead atoms. The maximum absolute atomic E-state index is 12.0. The number of aliphatic hydroxyl groups is 8. The predicted octanol–water partition coefficient (Wildman–Crippen LogP) is -4.09. The number of hydrogen-bond acceptors (Lipinski definition) is 14. The van der Waals surface area contributed by atoms with Gasteiger partial charge in [-0.3, -0.25) is 0 Å². The lowest BCUT2D eigenvalue weighted by Gasteiger charge is -2.40. The van der Waals surface area contributed by atoms with Crippen molar-refractivity contribution in [3.63, 3.8) is 0 Å². The molecule has 1 aliphatic heterocycles. The fraction of sp³-hybridized carbons (Fsp3) is 0.571. The molecule has 2 rings (SSSR count). The number of carbonyl (C=O) groups is 1. The van der Waals surface area contributed by atoms with E-state index in [1.165, 1.54) is 24.3 Å². The molecular formula is C21H30O14. The van der Waals surface area contributed by atoms with Crippen molar-refractivity contribution in [1.29, 1.82) is 0 Å². The van der Waals surface area contributed by atoms with Crippen molar-refractivity contribution in [1.82, 2.24) is 0 Å². The Bertz CT molecular complexity index is 847. The van der Waals surface area contributed by atoms with Gasteiger partial charge in [0.15, 0.2) is 17.8 Å². The molecule has 0 amide bonds. The second-order valence-electron chi connectivity index (χ2n) is 7.86. The Balaban J connectivity index is 1.91. The average molecular weight is 506 g/mol. The second-order valence-corrected chi connectivity index (χ2v) is 7.86. The first kappa shape index (κ1) is 28.9. The topological polar surface area (TPSA) is 247 Å². The van der Waals surface area contributed by atoms with Crippen molar-refractivity contribution < 1.29 is 70.1 Å². The number of carbonyl (C=O) groups excluding carboxylic acids is 1. The summed E-state index contributed by atoms with van der Waals surface area (Å²) in [4.78, 5) is 12.0. The number of aliphatic hydroxyl groups excluding tert-OH is 8. The Labute approximate surface area is 199 Å². The summed E-state index contributed by atoms with van der Waals surface area (Å²) in [7, 11) is 0. The molecular weight excluding hydrogens is 476 g/mol. The van der Waals surface area contributed by atoms with Crippen LogP contribution < -0.4 is 0 Å². The van der Waals surface area contributed by atoms with E-state index in [-0.39, 0.29) is 5.75 Å². The van der Waals surface area contributed by atoms with Gasteiger partial charge in [0, 0.05) is 6.08 Å². The summed E-state index contributed by atoms with van der Waals surface area (Å²) >= 11 is 0. The number of benzene rings is 1. The van der Waals surface area contributed by atoms with Gasteiger partial charge in [-0.15, -0.1) is 0 Å². The van der Waals surface area contributed by atoms with Crippen molar-refractivity contribution in [3.8, 4) is 11.5 Å². The maximum Gasteiger partial charge on any atom is 0.330 e. The quantitative estimate of drug-likeness (QED) is 0.0779. The average Bonchev–Trinajstić information content (AvgIpc) is 2.85. The van der Waals surface area contributed by atoms with Crippen molar-refractivity contribution in [2.45, 2.75) is 55.1 Å². The molecule has 1 aromatic rings. The number of esters is 1. The number of aromatic hydroxyl groups is 2. The van der Waals surface area contributed by atoms with Gasteiger partial charge < -0.3 is 65.3 Å². The molecule has 14 heteroatoms. The van der Waals surface area contributed by atoms with Crippen LogP contribution >= 0.6 is 0 Å². The first-order valence-electron chi connectivity index (χ1n) is 10.5. The Morgan fingerprint density at radius 3 is 2.26 bits per heavy atom. The molecule has 1 fully saturated rings. The lowest BCUT2D eigenvalue weighted by atomic mass is 9.99. The summed E-state index contributed by atoms with van der Waals surface area (Å²) in [5.74, 6) is -1.62. The molecule has 1 aliphatic rings. The van der Waals surface area contributed by atoms with E-state index in [2.05, 4.69) is 0 Å². The van der Waals surface area contributed by atoms with Gasteiger partial charge in [-0.25, -0.2) is 4.79 Å². The van der Waals surface area contributed by atoms with E-state index >= 15 is 0 Å². The highest BCUT2D eigenvalue weighted by Gasteiger charge is 2.45. The van der Waals surface area contributed by atoms with Gasteiger partial charge in [0.2, 0.25) is 0 Å². The third-order valence-electron chi connectivity index (χ3n) is 5.23. The monoisotopic (exact) mass is 506 g/mol. The molecule has 1 heterocycles. The van der Waals surface area contributed by atoms with E-state index in [4.69, 9.17) is 19.3 Å². The predicted molar refractivity (Wildman–Crippen MR) is 114 cm³/mol. The summed E-state index contributed by atoms with van der Waals surface area (Å²) < 4.78 is 15.4. The van der Waals surface area contributed by atoms with Gasteiger partial charge in [0.05, 0.1) is 13.2 Å². The van der Waals surface area contributed by atoms with Crippen LogP contribution in [0.4, 0.5) is 0 Å². The number of rotatable bonds is 11. The first-order chi connectivity index (χ1) is 16.5. The van der Waals surface area contributed by atoms with Crippen LogP contribution in [-0.4, -0.2) is 132 Å². The zero-order valence-corrected chi connectivity index (χ0v) is 18.3. The molecule has 0 aliphatic carbocycles. The van der Waals surface area contributed by atoms with E-state index in [0.717, 1.165) is 6.08 Å². The molecule has 0 spiro atoms. The highest BCUT2D eigenvalue weighted by Crippen LogP contribution is 2.26. The normalized spacial score (nSPS) is 28.4. The number of hydrogen-bond donors (Lipinski definition) is 10. The second kappa shape index (κ2) is 13.1. The summed E-state index contributed by atoms with van der Waals surface area (Å²) in [6, 6.07) is 3.83. The molecule has 0 saturated carbocycles. The first-order valence-corrected chi connectivity index (χ1v) is 10.5. The fourth-order valence-corrected chi connectivity index (χ4v) is 3.07. The van der Waals surface area contributed by atoms with E-state index in [9.17, 15) is 50.8 Å². The molecule has 14 nitrogen and oxygen atoms in total. The van der Waals surface area contributed by atoms with Crippen LogP contribution in [0.5, 0.6) is 11.5 Å². The van der Waals surface area contributed by atoms with Crippen molar-refractivity contribution in [3.05, 3.63) is 29.8 Å².